The van der Waals surface area contributed by atoms with Gasteiger partial charge in [-0.1, -0.05) is 117 Å². The molecular weight excluding hydrogens is 725 g/mol. The fraction of sp³-hybridized carbons (Fsp3) is 0.488. The molecule has 2 aliphatic heterocycles. The van der Waals surface area contributed by atoms with E-state index in [0.717, 1.165) is 29.5 Å². The van der Waals surface area contributed by atoms with E-state index in [4.69, 9.17) is 25.2 Å². The lowest BCUT2D eigenvalue weighted by atomic mass is 9.43. The Balaban J connectivity index is 1.13. The minimum atomic E-state index is -1.07. The molecule has 0 spiro atoms. The predicted octanol–water partition coefficient (Wildman–Crippen LogP) is 6.26. The van der Waals surface area contributed by atoms with Crippen molar-refractivity contribution in [1.29, 1.82) is 5.41 Å². The number of ether oxygens (including phenoxy) is 1. The molecule has 3 aromatic rings. The maximum Gasteiger partial charge on any atom is 0.481 e. The number of likely N-dealkylation sites (tertiary alicyclic amines) is 1. The van der Waals surface area contributed by atoms with Crippen molar-refractivity contribution in [3.05, 3.63) is 108 Å². The van der Waals surface area contributed by atoms with E-state index in [-0.39, 0.29) is 35.1 Å². The number of amidine groups is 1. The summed E-state index contributed by atoms with van der Waals surface area (Å²) in [6, 6.07) is 26.8. The van der Waals surface area contributed by atoms with Gasteiger partial charge < -0.3 is 35.3 Å². The molecule has 5 aliphatic rings. The molecule has 2 bridgehead atoms. The summed E-state index contributed by atoms with van der Waals surface area (Å²) in [6.45, 7) is 7.20. The monoisotopic (exact) mass is 779 g/mol. The summed E-state index contributed by atoms with van der Waals surface area (Å²) >= 11 is 1.27. The summed E-state index contributed by atoms with van der Waals surface area (Å²) in [7, 11) is -0.647. The molecule has 3 aliphatic carbocycles. The summed E-state index contributed by atoms with van der Waals surface area (Å²) in [5.74, 6) is -0.113. The third-order valence-corrected chi connectivity index (χ3v) is 13.6. The van der Waals surface area contributed by atoms with Crippen molar-refractivity contribution < 1.29 is 28.4 Å². The quantitative estimate of drug-likeness (QED) is 0.0647. The molecule has 0 aromatic heterocycles. The predicted molar refractivity (Wildman–Crippen MR) is 219 cm³/mol. The number of amides is 3. The molecule has 2 saturated heterocycles. The van der Waals surface area contributed by atoms with Crippen LogP contribution in [-0.2, 0) is 30.2 Å². The summed E-state index contributed by atoms with van der Waals surface area (Å²) < 4.78 is 19.1. The first-order chi connectivity index (χ1) is 27.0. The minimum absolute atomic E-state index is 0.0418. The molecule has 11 nitrogen and oxygen atoms in total. The van der Waals surface area contributed by atoms with E-state index in [2.05, 4.69) is 31.4 Å². The highest BCUT2D eigenvalue weighted by Gasteiger charge is 2.68. The van der Waals surface area contributed by atoms with Crippen molar-refractivity contribution in [3.8, 4) is 0 Å². The Hall–Kier alpha value is -4.33. The van der Waals surface area contributed by atoms with Crippen LogP contribution < -0.4 is 16.4 Å². The number of nitrogens with two attached hydrogens (primary N) is 1. The Morgan fingerprint density at radius 2 is 1.61 bits per heavy atom. The number of carbonyl (C=O) groups excluding carboxylic acids is 3. The number of nitrogens with one attached hydrogen (secondary N) is 3. The second-order valence-electron chi connectivity index (χ2n) is 16.5. The number of rotatable bonds is 14. The summed E-state index contributed by atoms with van der Waals surface area (Å²) in [5, 5.41) is 13.9. The van der Waals surface area contributed by atoms with E-state index in [1.807, 2.05) is 91.0 Å². The Kier molecular flexibility index (Phi) is 12.1. The maximum absolute atomic E-state index is 15.0. The number of thioether (sulfide) groups is 1. The molecule has 3 saturated carbocycles. The largest absolute Gasteiger partial charge is 0.481 e. The van der Waals surface area contributed by atoms with Gasteiger partial charge in [-0.3, -0.25) is 15.0 Å². The van der Waals surface area contributed by atoms with E-state index in [1.165, 1.54) is 11.8 Å². The van der Waals surface area contributed by atoms with Crippen molar-refractivity contribution in [2.75, 3.05) is 12.3 Å². The first-order valence-corrected chi connectivity index (χ1v) is 20.9. The molecule has 7 atom stereocenters. The molecule has 0 radical (unpaired) electrons. The van der Waals surface area contributed by atoms with E-state index in [0.29, 0.717) is 49.8 Å². The standard InChI is InChI=1S/C43H54BN5O6S/c1-42(2)31-25-33(42)43(3)34(26-31)54-44(55-43)35(22-14-24-56-40(45)46)47-38(50)32-21-13-23-49(32)39(51)37(48-41(52)53-27-28-15-7-4-8-16-28)36(29-17-9-5-10-18-29)30-19-11-6-12-20-30/h4-12,15-20,31-37H,13-14,21-27H2,1-3H3,(H3,45,46)(H,47,50)(H,48,52)/t31-,32-,33-,34+,35?,37+,43-/m0/s1. The van der Waals surface area contributed by atoms with Crippen LogP contribution in [0.1, 0.15) is 81.9 Å². The van der Waals surface area contributed by atoms with Gasteiger partial charge in [0.1, 0.15) is 18.7 Å². The zero-order valence-corrected chi connectivity index (χ0v) is 33.3. The van der Waals surface area contributed by atoms with E-state index >= 15 is 0 Å². The molecule has 56 heavy (non-hydrogen) atoms. The normalized spacial score (nSPS) is 25.8. The van der Waals surface area contributed by atoms with Crippen molar-refractivity contribution >= 4 is 42.0 Å². The van der Waals surface area contributed by atoms with Gasteiger partial charge in [0.25, 0.3) is 0 Å². The molecule has 8 rings (SSSR count). The number of alkyl carbamates (subject to hydrolysis) is 1. The summed E-state index contributed by atoms with van der Waals surface area (Å²) in [4.78, 5) is 44.6. The third-order valence-electron chi connectivity index (χ3n) is 12.8. The molecule has 296 valence electrons. The van der Waals surface area contributed by atoms with E-state index < -0.39 is 42.8 Å². The SMILES string of the molecule is CC1(C)[C@@H]2C[C@H]3OB(C(CCCSC(=N)N)NC(=O)[C@@H]4CCCN4C(=O)[C@H](NC(=O)OCc4ccccc4)C(c4ccccc4)c4ccccc4)O[C@@]3(C)[C@H]1C2. The third kappa shape index (κ3) is 8.36. The fourth-order valence-corrected chi connectivity index (χ4v) is 10.2. The zero-order chi connectivity index (χ0) is 39.5. The maximum atomic E-state index is 15.0. The van der Waals surface area contributed by atoms with Crippen LogP contribution in [0.3, 0.4) is 0 Å². The first-order valence-electron chi connectivity index (χ1n) is 19.9. The van der Waals surface area contributed by atoms with Crippen molar-refractivity contribution in [2.24, 2.45) is 23.0 Å². The Labute approximate surface area is 334 Å². The summed E-state index contributed by atoms with van der Waals surface area (Å²) in [6.07, 6.45) is 3.60. The summed E-state index contributed by atoms with van der Waals surface area (Å²) in [5.41, 5.74) is 7.85. The van der Waals surface area contributed by atoms with Crippen LogP contribution in [-0.4, -0.2) is 77.1 Å². The molecule has 13 heteroatoms. The van der Waals surface area contributed by atoms with Gasteiger partial charge in [-0.15, -0.1) is 0 Å². The van der Waals surface area contributed by atoms with E-state index in [9.17, 15) is 14.4 Å². The van der Waals surface area contributed by atoms with Gasteiger partial charge in [-0.25, -0.2) is 4.79 Å². The number of hydrogen-bond acceptors (Lipinski definition) is 8. The van der Waals surface area contributed by atoms with Crippen molar-refractivity contribution in [1.82, 2.24) is 15.5 Å². The zero-order valence-electron chi connectivity index (χ0n) is 32.5. The molecular formula is C43H54BN5O6S. The Morgan fingerprint density at radius 3 is 2.23 bits per heavy atom. The van der Waals surface area contributed by atoms with Gasteiger partial charge in [-0.2, -0.15) is 0 Å². The van der Waals surface area contributed by atoms with Gasteiger partial charge in [-0.05, 0) is 79.4 Å². The highest BCUT2D eigenvalue weighted by Crippen LogP contribution is 2.65. The van der Waals surface area contributed by atoms with Gasteiger partial charge >= 0.3 is 13.2 Å². The first kappa shape index (κ1) is 39.9. The lowest BCUT2D eigenvalue weighted by molar-refractivity contribution is -0.199. The van der Waals surface area contributed by atoms with Gasteiger partial charge in [0.05, 0.1) is 17.6 Å². The van der Waals surface area contributed by atoms with Crippen molar-refractivity contribution in [2.45, 2.75) is 102 Å². The molecule has 1 unspecified atom stereocenters. The number of carbonyl (C=O) groups is 3. The Bertz CT molecular complexity index is 1820. The van der Waals surface area contributed by atoms with Crippen LogP contribution in [0, 0.1) is 22.7 Å². The van der Waals surface area contributed by atoms with Crippen LogP contribution in [0.4, 0.5) is 4.79 Å². The highest BCUT2D eigenvalue weighted by molar-refractivity contribution is 8.13. The average molecular weight is 780 g/mol. The fourth-order valence-electron chi connectivity index (χ4n) is 9.67. The van der Waals surface area contributed by atoms with Crippen LogP contribution in [0.15, 0.2) is 91.0 Å². The lowest BCUT2D eigenvalue weighted by Crippen LogP contribution is -2.65. The highest BCUT2D eigenvalue weighted by atomic mass is 32.2. The smallest absolute Gasteiger partial charge is 0.445 e. The van der Waals surface area contributed by atoms with Crippen LogP contribution in [0.25, 0.3) is 0 Å². The van der Waals surface area contributed by atoms with Crippen LogP contribution in [0.5, 0.6) is 0 Å². The molecule has 3 amide bonds. The molecule has 5 N–H and O–H groups in total. The topological polar surface area (TPSA) is 156 Å². The molecule has 3 aromatic carbocycles. The Morgan fingerprint density at radius 1 is 0.964 bits per heavy atom. The number of benzene rings is 3. The molecule has 2 heterocycles. The minimum Gasteiger partial charge on any atom is -0.445 e. The average Bonchev–Trinajstić information content (AvgIpc) is 3.84. The second-order valence-corrected chi connectivity index (χ2v) is 17.6. The second kappa shape index (κ2) is 17.0. The van der Waals surface area contributed by atoms with Crippen molar-refractivity contribution in [3.63, 3.8) is 0 Å². The van der Waals surface area contributed by atoms with Gasteiger partial charge in [0, 0.05) is 18.2 Å². The van der Waals surface area contributed by atoms with Crippen LogP contribution in [0.2, 0.25) is 0 Å². The van der Waals surface area contributed by atoms with Crippen LogP contribution >= 0.6 is 11.8 Å². The van der Waals surface area contributed by atoms with E-state index in [1.54, 1.807) is 4.90 Å². The number of hydrogen-bond donors (Lipinski definition) is 4. The lowest BCUT2D eigenvalue weighted by Gasteiger charge is -2.64. The number of nitrogens with zero attached hydrogens (tertiary/aromatic N) is 1. The molecule has 5 fully saturated rings. The van der Waals surface area contributed by atoms with Gasteiger partial charge in [0.15, 0.2) is 5.17 Å². The van der Waals surface area contributed by atoms with Gasteiger partial charge in [0.2, 0.25) is 11.8 Å².